The third-order valence-corrected chi connectivity index (χ3v) is 3.85. The van der Waals surface area contributed by atoms with Crippen LogP contribution in [-0.2, 0) is 11.3 Å². The molecule has 1 amide bonds. The first-order chi connectivity index (χ1) is 10.6. The van der Waals surface area contributed by atoms with Crippen LogP contribution in [0.2, 0.25) is 5.02 Å². The molecule has 0 bridgehead atoms. The summed E-state index contributed by atoms with van der Waals surface area (Å²) in [6.07, 6.45) is 0. The quantitative estimate of drug-likeness (QED) is 0.740. The van der Waals surface area contributed by atoms with E-state index in [2.05, 4.69) is 4.98 Å². The van der Waals surface area contributed by atoms with Crippen molar-refractivity contribution in [3.8, 4) is 5.69 Å². The summed E-state index contributed by atoms with van der Waals surface area (Å²) in [5.74, 6) is 0.811. The minimum Gasteiger partial charge on any atom is -0.339 e. The molecule has 0 N–H and O–H groups in total. The van der Waals surface area contributed by atoms with Gasteiger partial charge in [0.15, 0.2) is 0 Å². The predicted molar refractivity (Wildman–Crippen MR) is 88.2 cm³/mol. The molecular formula is C17H16ClN3O. The van der Waals surface area contributed by atoms with Crippen molar-refractivity contribution in [2.75, 3.05) is 7.05 Å². The standard InChI is InChI=1S/C17H16ClN3O/c1-12(22)20(2)11-17-19-15-9-8-13(18)10-16(15)21(17)14-6-4-3-5-7-14/h3-10H,11H2,1-2H3. The molecule has 0 unspecified atom stereocenters. The number of imidazole rings is 1. The highest BCUT2D eigenvalue weighted by Crippen LogP contribution is 2.25. The SMILES string of the molecule is CC(=O)N(C)Cc1nc2ccc(Cl)cc2n1-c1ccccc1. The van der Waals surface area contributed by atoms with E-state index in [9.17, 15) is 4.79 Å². The van der Waals surface area contributed by atoms with Crippen molar-refractivity contribution in [1.29, 1.82) is 0 Å². The zero-order valence-corrected chi connectivity index (χ0v) is 13.2. The molecule has 0 aliphatic heterocycles. The zero-order chi connectivity index (χ0) is 15.7. The first kappa shape index (κ1) is 14.6. The van der Waals surface area contributed by atoms with Gasteiger partial charge in [0.05, 0.1) is 17.6 Å². The van der Waals surface area contributed by atoms with Crippen LogP contribution in [0.4, 0.5) is 0 Å². The summed E-state index contributed by atoms with van der Waals surface area (Å²) in [6.45, 7) is 1.99. The normalized spacial score (nSPS) is 10.9. The van der Waals surface area contributed by atoms with E-state index in [1.165, 1.54) is 0 Å². The van der Waals surface area contributed by atoms with E-state index in [0.29, 0.717) is 11.6 Å². The smallest absolute Gasteiger partial charge is 0.219 e. The molecular weight excluding hydrogens is 298 g/mol. The fourth-order valence-corrected chi connectivity index (χ4v) is 2.56. The van der Waals surface area contributed by atoms with Gasteiger partial charge in [-0.15, -0.1) is 0 Å². The fraction of sp³-hybridized carbons (Fsp3) is 0.176. The van der Waals surface area contributed by atoms with Gasteiger partial charge in [0, 0.05) is 24.7 Å². The molecule has 0 spiro atoms. The molecule has 3 rings (SSSR count). The molecule has 5 heteroatoms. The number of hydrogen-bond donors (Lipinski definition) is 0. The first-order valence-corrected chi connectivity index (χ1v) is 7.38. The van der Waals surface area contributed by atoms with Crippen molar-refractivity contribution in [1.82, 2.24) is 14.5 Å². The largest absolute Gasteiger partial charge is 0.339 e. The van der Waals surface area contributed by atoms with Crippen LogP contribution in [0.5, 0.6) is 0 Å². The summed E-state index contributed by atoms with van der Waals surface area (Å²) in [7, 11) is 1.77. The number of aromatic nitrogens is 2. The highest BCUT2D eigenvalue weighted by molar-refractivity contribution is 6.31. The molecule has 1 aromatic heterocycles. The van der Waals surface area contributed by atoms with Gasteiger partial charge < -0.3 is 4.90 Å². The van der Waals surface area contributed by atoms with Crippen LogP contribution in [0.15, 0.2) is 48.5 Å². The summed E-state index contributed by atoms with van der Waals surface area (Å²) < 4.78 is 2.04. The van der Waals surface area contributed by atoms with E-state index in [1.807, 2.05) is 53.1 Å². The van der Waals surface area contributed by atoms with Crippen LogP contribution in [0.25, 0.3) is 16.7 Å². The molecule has 1 heterocycles. The van der Waals surface area contributed by atoms with Gasteiger partial charge in [-0.05, 0) is 30.3 Å². The van der Waals surface area contributed by atoms with E-state index < -0.39 is 0 Å². The highest BCUT2D eigenvalue weighted by atomic mass is 35.5. The summed E-state index contributed by atoms with van der Waals surface area (Å²) in [5.41, 5.74) is 2.80. The third kappa shape index (κ3) is 2.70. The molecule has 4 nitrogen and oxygen atoms in total. The molecule has 0 saturated carbocycles. The lowest BCUT2D eigenvalue weighted by atomic mass is 10.2. The molecule has 112 valence electrons. The number of para-hydroxylation sites is 1. The molecule has 0 aliphatic carbocycles. The van der Waals surface area contributed by atoms with Crippen molar-refractivity contribution < 1.29 is 4.79 Å². The minimum atomic E-state index is 0.00435. The Hall–Kier alpha value is -2.33. The second-order valence-corrected chi connectivity index (χ2v) is 5.64. The van der Waals surface area contributed by atoms with E-state index in [0.717, 1.165) is 22.5 Å². The number of halogens is 1. The number of carbonyl (C=O) groups is 1. The number of fused-ring (bicyclic) bond motifs is 1. The number of rotatable bonds is 3. The second kappa shape index (κ2) is 5.81. The van der Waals surface area contributed by atoms with Gasteiger partial charge in [-0.1, -0.05) is 29.8 Å². The molecule has 3 aromatic rings. The van der Waals surface area contributed by atoms with Gasteiger partial charge in [-0.2, -0.15) is 0 Å². The minimum absolute atomic E-state index is 0.00435. The van der Waals surface area contributed by atoms with Gasteiger partial charge in [-0.3, -0.25) is 9.36 Å². The third-order valence-electron chi connectivity index (χ3n) is 3.62. The molecule has 2 aromatic carbocycles. The Morgan fingerprint density at radius 2 is 1.95 bits per heavy atom. The van der Waals surface area contributed by atoms with Gasteiger partial charge in [0.1, 0.15) is 5.82 Å². The number of benzene rings is 2. The van der Waals surface area contributed by atoms with Crippen LogP contribution >= 0.6 is 11.6 Å². The van der Waals surface area contributed by atoms with Gasteiger partial charge in [0.25, 0.3) is 0 Å². The first-order valence-electron chi connectivity index (χ1n) is 7.00. The summed E-state index contributed by atoms with van der Waals surface area (Å²) in [4.78, 5) is 17.8. The summed E-state index contributed by atoms with van der Waals surface area (Å²) >= 11 is 6.14. The Bertz CT molecular complexity index is 827. The second-order valence-electron chi connectivity index (χ2n) is 5.21. The summed E-state index contributed by atoms with van der Waals surface area (Å²) in [5, 5.41) is 0.663. The molecule has 0 radical (unpaired) electrons. The van der Waals surface area contributed by atoms with Crippen molar-refractivity contribution in [3.05, 3.63) is 59.4 Å². The maximum absolute atomic E-state index is 11.5. The molecule has 0 aliphatic rings. The van der Waals surface area contributed by atoms with E-state index in [-0.39, 0.29) is 5.91 Å². The molecule has 0 fully saturated rings. The predicted octanol–water partition coefficient (Wildman–Crippen LogP) is 3.66. The van der Waals surface area contributed by atoms with Crippen molar-refractivity contribution in [3.63, 3.8) is 0 Å². The van der Waals surface area contributed by atoms with Gasteiger partial charge >= 0.3 is 0 Å². The Morgan fingerprint density at radius 1 is 1.23 bits per heavy atom. The molecule has 0 saturated heterocycles. The number of nitrogens with zero attached hydrogens (tertiary/aromatic N) is 3. The highest BCUT2D eigenvalue weighted by Gasteiger charge is 2.15. The van der Waals surface area contributed by atoms with Crippen LogP contribution in [0, 0.1) is 0 Å². The van der Waals surface area contributed by atoms with Crippen LogP contribution in [0.3, 0.4) is 0 Å². The number of hydrogen-bond acceptors (Lipinski definition) is 2. The maximum Gasteiger partial charge on any atom is 0.219 e. The maximum atomic E-state index is 11.5. The number of carbonyl (C=O) groups excluding carboxylic acids is 1. The Balaban J connectivity index is 2.20. The fourth-order valence-electron chi connectivity index (χ4n) is 2.39. The van der Waals surface area contributed by atoms with E-state index >= 15 is 0 Å². The van der Waals surface area contributed by atoms with Crippen LogP contribution < -0.4 is 0 Å². The van der Waals surface area contributed by atoms with E-state index in [1.54, 1.807) is 18.9 Å². The Morgan fingerprint density at radius 3 is 2.64 bits per heavy atom. The average molecular weight is 314 g/mol. The topological polar surface area (TPSA) is 38.1 Å². The van der Waals surface area contributed by atoms with Crippen molar-refractivity contribution >= 4 is 28.5 Å². The van der Waals surface area contributed by atoms with Crippen LogP contribution in [0.1, 0.15) is 12.7 Å². The van der Waals surface area contributed by atoms with Crippen LogP contribution in [-0.4, -0.2) is 27.4 Å². The monoisotopic (exact) mass is 313 g/mol. The Kier molecular flexibility index (Phi) is 3.86. The lowest BCUT2D eigenvalue weighted by Crippen LogP contribution is -2.24. The van der Waals surface area contributed by atoms with Crippen molar-refractivity contribution in [2.24, 2.45) is 0 Å². The van der Waals surface area contributed by atoms with Gasteiger partial charge in [-0.25, -0.2) is 4.98 Å². The van der Waals surface area contributed by atoms with Gasteiger partial charge in [0.2, 0.25) is 5.91 Å². The molecule has 22 heavy (non-hydrogen) atoms. The zero-order valence-electron chi connectivity index (χ0n) is 12.5. The number of amides is 1. The lowest BCUT2D eigenvalue weighted by molar-refractivity contribution is -0.128. The molecule has 0 atom stereocenters. The lowest BCUT2D eigenvalue weighted by Gasteiger charge is -2.16. The summed E-state index contributed by atoms with van der Waals surface area (Å²) in [6, 6.07) is 15.6. The van der Waals surface area contributed by atoms with E-state index in [4.69, 9.17) is 11.6 Å². The average Bonchev–Trinajstić information content (AvgIpc) is 2.85. The Labute approximate surface area is 133 Å². The van der Waals surface area contributed by atoms with Crippen molar-refractivity contribution in [2.45, 2.75) is 13.5 Å².